The minimum absolute atomic E-state index is 0.280. The van der Waals surface area contributed by atoms with E-state index in [2.05, 4.69) is 86.3 Å². The second-order valence-corrected chi connectivity index (χ2v) is 14.0. The first-order chi connectivity index (χ1) is 23.9. The van der Waals surface area contributed by atoms with Gasteiger partial charge in [0.1, 0.15) is 37.7 Å². The molecular weight excluding hydrogens is 681 g/mol. The molecule has 13 heteroatoms. The second kappa shape index (κ2) is 14.9. The molecular formula is C36H39Cl2N7O3S. The molecule has 7 rings (SSSR count). The third kappa shape index (κ3) is 7.66. The number of ether oxygens (including phenoxy) is 3. The van der Waals surface area contributed by atoms with Gasteiger partial charge in [-0.15, -0.1) is 11.3 Å². The van der Waals surface area contributed by atoms with E-state index in [-0.39, 0.29) is 12.6 Å². The van der Waals surface area contributed by atoms with Gasteiger partial charge in [0, 0.05) is 65.8 Å². The molecule has 0 saturated carbocycles. The highest BCUT2D eigenvalue weighted by Gasteiger charge is 2.45. The molecule has 2 fully saturated rings. The third-order valence-electron chi connectivity index (χ3n) is 9.08. The topological polar surface area (TPSA) is 82.2 Å². The largest absolute Gasteiger partial charge is 0.491 e. The van der Waals surface area contributed by atoms with Crippen molar-refractivity contribution in [2.24, 2.45) is 4.99 Å². The molecule has 0 N–H and O–H groups in total. The molecule has 1 unspecified atom stereocenters. The van der Waals surface area contributed by atoms with E-state index < -0.39 is 5.79 Å². The number of anilines is 2. The standard InChI is InChI=1S/C36H39Cl2N7O3S/c1-3-26(2)45-18-19-49-35(45)41-28-5-7-29(8-6-28)42-14-16-43(17-15-42)30-9-11-31(12-10-30)46-21-32-22-47-36(48-32,23-44-25-39-24-40-44)33-13-4-27(37)20-34(33)38/h4-13,18-20,24-26,32H,3,14-17,21-23H2,1-2H3/t26?,32-,36-/m1/s1. The normalized spacial score (nSPS) is 20.6. The lowest BCUT2D eigenvalue weighted by atomic mass is 10.1. The molecule has 4 heterocycles. The van der Waals surface area contributed by atoms with Crippen LogP contribution in [0.3, 0.4) is 0 Å². The van der Waals surface area contributed by atoms with Crippen molar-refractivity contribution in [1.82, 2.24) is 19.3 Å². The van der Waals surface area contributed by atoms with Crippen molar-refractivity contribution in [3.8, 4) is 5.75 Å². The van der Waals surface area contributed by atoms with Crippen LogP contribution in [-0.2, 0) is 21.8 Å². The molecule has 3 aromatic carbocycles. The first-order valence-electron chi connectivity index (χ1n) is 16.5. The predicted molar refractivity (Wildman–Crippen MR) is 194 cm³/mol. The Morgan fingerprint density at radius 1 is 1.00 bits per heavy atom. The van der Waals surface area contributed by atoms with Crippen molar-refractivity contribution in [3.63, 3.8) is 0 Å². The van der Waals surface area contributed by atoms with Crippen molar-refractivity contribution in [3.05, 3.63) is 111 Å². The number of piperazine rings is 1. The van der Waals surface area contributed by atoms with Gasteiger partial charge in [0.15, 0.2) is 4.80 Å². The molecule has 0 bridgehead atoms. The van der Waals surface area contributed by atoms with Crippen molar-refractivity contribution in [2.75, 3.05) is 49.2 Å². The van der Waals surface area contributed by atoms with Crippen LogP contribution in [0.5, 0.6) is 5.75 Å². The van der Waals surface area contributed by atoms with Crippen LogP contribution in [0.2, 0.25) is 10.0 Å². The van der Waals surface area contributed by atoms with Gasteiger partial charge in [-0.05, 0) is 74.0 Å². The summed E-state index contributed by atoms with van der Waals surface area (Å²) >= 11 is 14.4. The van der Waals surface area contributed by atoms with E-state index in [4.69, 9.17) is 42.4 Å². The van der Waals surface area contributed by atoms with Gasteiger partial charge < -0.3 is 28.6 Å². The Labute approximate surface area is 300 Å². The van der Waals surface area contributed by atoms with E-state index in [1.54, 1.807) is 34.5 Å². The molecule has 2 aliphatic rings. The first-order valence-corrected chi connectivity index (χ1v) is 18.2. The van der Waals surface area contributed by atoms with Crippen LogP contribution in [-0.4, -0.2) is 64.8 Å². The Hall–Kier alpha value is -3.87. The molecule has 3 atom stereocenters. The molecule has 0 aliphatic carbocycles. The molecule has 0 spiro atoms. The number of hydrogen-bond acceptors (Lipinski definition) is 9. The summed E-state index contributed by atoms with van der Waals surface area (Å²) in [5.41, 5.74) is 4.06. The highest BCUT2D eigenvalue weighted by molar-refractivity contribution is 7.07. The van der Waals surface area contributed by atoms with Gasteiger partial charge in [-0.25, -0.2) is 14.7 Å². The van der Waals surface area contributed by atoms with Gasteiger partial charge in [0.25, 0.3) is 0 Å². The van der Waals surface area contributed by atoms with E-state index in [0.29, 0.717) is 34.9 Å². The van der Waals surface area contributed by atoms with Crippen LogP contribution in [0.1, 0.15) is 31.9 Å². The van der Waals surface area contributed by atoms with Gasteiger partial charge >= 0.3 is 0 Å². The zero-order valence-corrected chi connectivity index (χ0v) is 29.8. The van der Waals surface area contributed by atoms with Gasteiger partial charge in [-0.3, -0.25) is 0 Å². The lowest BCUT2D eigenvalue weighted by Crippen LogP contribution is -2.46. The summed E-state index contributed by atoms with van der Waals surface area (Å²) in [6, 6.07) is 22.6. The highest BCUT2D eigenvalue weighted by atomic mass is 35.5. The molecule has 2 saturated heterocycles. The zero-order valence-electron chi connectivity index (χ0n) is 27.5. The maximum atomic E-state index is 6.59. The fourth-order valence-electron chi connectivity index (χ4n) is 6.19. The summed E-state index contributed by atoms with van der Waals surface area (Å²) in [7, 11) is 0. The number of halogens is 2. The Bertz CT molecular complexity index is 1890. The molecule has 256 valence electrons. The third-order valence-corrected chi connectivity index (χ3v) is 10.4. The molecule has 2 aliphatic heterocycles. The predicted octanol–water partition coefficient (Wildman–Crippen LogP) is 7.33. The fourth-order valence-corrected chi connectivity index (χ4v) is 7.58. The minimum Gasteiger partial charge on any atom is -0.491 e. The summed E-state index contributed by atoms with van der Waals surface area (Å²) < 4.78 is 22.8. The molecule has 49 heavy (non-hydrogen) atoms. The molecule has 5 aromatic rings. The van der Waals surface area contributed by atoms with Gasteiger partial charge in [-0.2, -0.15) is 5.10 Å². The molecule has 0 amide bonds. The maximum absolute atomic E-state index is 6.59. The number of nitrogens with zero attached hydrogens (tertiary/aromatic N) is 7. The Balaban J connectivity index is 0.923. The monoisotopic (exact) mass is 719 g/mol. The lowest BCUT2D eigenvalue weighted by Gasteiger charge is -2.37. The molecule has 0 radical (unpaired) electrons. The van der Waals surface area contributed by atoms with Crippen LogP contribution < -0.4 is 19.3 Å². The van der Waals surface area contributed by atoms with E-state index in [0.717, 1.165) is 48.8 Å². The molecule has 10 nitrogen and oxygen atoms in total. The second-order valence-electron chi connectivity index (χ2n) is 12.3. The number of thiazole rings is 1. The van der Waals surface area contributed by atoms with Crippen molar-refractivity contribution in [2.45, 2.75) is 44.7 Å². The minimum atomic E-state index is -1.15. The molecule has 2 aromatic heterocycles. The number of aromatic nitrogens is 4. The maximum Gasteiger partial charge on any atom is 0.217 e. The van der Waals surface area contributed by atoms with Crippen molar-refractivity contribution in [1.29, 1.82) is 0 Å². The quantitative estimate of drug-likeness (QED) is 0.141. The van der Waals surface area contributed by atoms with E-state index in [1.165, 1.54) is 17.7 Å². The number of rotatable bonds is 11. The van der Waals surface area contributed by atoms with Gasteiger partial charge in [-0.1, -0.05) is 36.2 Å². The first kappa shape index (κ1) is 33.6. The Kier molecular flexibility index (Phi) is 10.2. The summed E-state index contributed by atoms with van der Waals surface area (Å²) in [4.78, 5) is 14.8. The SMILES string of the molecule is CCC(C)n1ccsc1=Nc1ccc(N2CCN(c3ccc(OC[C@@H]4CO[C@@](Cn5cncn5)(c5ccc(Cl)cc5Cl)O4)cc3)CC2)cc1. The summed E-state index contributed by atoms with van der Waals surface area (Å²) in [5.74, 6) is -0.375. The zero-order chi connectivity index (χ0) is 33.8. The van der Waals surface area contributed by atoms with Crippen LogP contribution in [0.4, 0.5) is 17.1 Å². The van der Waals surface area contributed by atoms with Gasteiger partial charge in [0.05, 0.1) is 17.3 Å². The lowest BCUT2D eigenvalue weighted by molar-refractivity contribution is -0.190. The van der Waals surface area contributed by atoms with Crippen LogP contribution in [0.25, 0.3) is 0 Å². The van der Waals surface area contributed by atoms with E-state index in [9.17, 15) is 0 Å². The highest BCUT2D eigenvalue weighted by Crippen LogP contribution is 2.40. The van der Waals surface area contributed by atoms with Crippen molar-refractivity contribution < 1.29 is 14.2 Å². The number of benzene rings is 3. The summed E-state index contributed by atoms with van der Waals surface area (Å²) in [5, 5.41) is 7.34. The Morgan fingerprint density at radius 2 is 1.71 bits per heavy atom. The van der Waals surface area contributed by atoms with Crippen LogP contribution in [0.15, 0.2) is 96.0 Å². The number of hydrogen-bond donors (Lipinski definition) is 0. The van der Waals surface area contributed by atoms with E-state index in [1.807, 2.05) is 18.2 Å². The average molecular weight is 721 g/mol. The fraction of sp³-hybridized carbons (Fsp3) is 0.361. The van der Waals surface area contributed by atoms with Gasteiger partial charge in [0.2, 0.25) is 5.79 Å². The summed E-state index contributed by atoms with van der Waals surface area (Å²) in [6.07, 6.45) is 5.98. The average Bonchev–Trinajstić information content (AvgIpc) is 3.90. The smallest absolute Gasteiger partial charge is 0.217 e. The van der Waals surface area contributed by atoms with E-state index >= 15 is 0 Å². The Morgan fingerprint density at radius 3 is 2.37 bits per heavy atom. The van der Waals surface area contributed by atoms with Crippen LogP contribution >= 0.6 is 34.5 Å². The van der Waals surface area contributed by atoms with Crippen molar-refractivity contribution >= 4 is 51.6 Å². The summed E-state index contributed by atoms with van der Waals surface area (Å²) in [6.45, 7) is 9.13. The van der Waals surface area contributed by atoms with Crippen LogP contribution in [0, 0.1) is 0 Å².